The van der Waals surface area contributed by atoms with E-state index < -0.39 is 17.7 Å². The van der Waals surface area contributed by atoms with Crippen LogP contribution in [0, 0.1) is 0 Å². The van der Waals surface area contributed by atoms with Gasteiger partial charge >= 0.3 is 0 Å². The zero-order chi connectivity index (χ0) is 17.6. The lowest BCUT2D eigenvalue weighted by molar-refractivity contribution is -0.123. The molecule has 130 valence electrons. The van der Waals surface area contributed by atoms with Gasteiger partial charge in [-0.15, -0.1) is 0 Å². The van der Waals surface area contributed by atoms with Crippen LogP contribution >= 0.6 is 0 Å². The van der Waals surface area contributed by atoms with E-state index in [2.05, 4.69) is 16.0 Å². The molecule has 0 spiro atoms. The summed E-state index contributed by atoms with van der Waals surface area (Å²) in [7, 11) is 0. The van der Waals surface area contributed by atoms with E-state index in [0.717, 1.165) is 0 Å². The number of rotatable bonds is 6. The van der Waals surface area contributed by atoms with Gasteiger partial charge in [0, 0.05) is 11.8 Å². The van der Waals surface area contributed by atoms with Crippen molar-refractivity contribution in [1.29, 1.82) is 0 Å². The van der Waals surface area contributed by atoms with Crippen molar-refractivity contribution in [2.45, 2.75) is 0 Å². The van der Waals surface area contributed by atoms with E-state index in [0.29, 0.717) is 17.2 Å². The maximum Gasteiger partial charge on any atom is 0.287 e. The first kappa shape index (κ1) is 16.4. The molecule has 9 nitrogen and oxygen atoms in total. The normalized spacial score (nSPS) is 11.7. The number of hydrogen-bond donors (Lipinski definition) is 3. The van der Waals surface area contributed by atoms with Crippen LogP contribution in [-0.4, -0.2) is 37.6 Å². The molecule has 0 radical (unpaired) electrons. The highest BCUT2D eigenvalue weighted by Crippen LogP contribution is 2.34. The number of nitrogens with one attached hydrogen (secondary N) is 3. The number of furan rings is 1. The van der Waals surface area contributed by atoms with Crippen molar-refractivity contribution in [2.75, 3.05) is 25.2 Å². The number of benzene rings is 1. The van der Waals surface area contributed by atoms with Gasteiger partial charge in [0.15, 0.2) is 17.3 Å². The first-order chi connectivity index (χ1) is 12.1. The van der Waals surface area contributed by atoms with Crippen LogP contribution in [0.2, 0.25) is 0 Å². The highest BCUT2D eigenvalue weighted by molar-refractivity contribution is 5.97. The minimum absolute atomic E-state index is 0.105. The Labute approximate surface area is 142 Å². The number of carbonyl (C=O) groups is 3. The van der Waals surface area contributed by atoms with Crippen molar-refractivity contribution in [1.82, 2.24) is 10.6 Å². The van der Waals surface area contributed by atoms with Crippen molar-refractivity contribution < 1.29 is 28.3 Å². The molecule has 25 heavy (non-hydrogen) atoms. The molecule has 3 rings (SSSR count). The summed E-state index contributed by atoms with van der Waals surface area (Å²) in [4.78, 5) is 35.1. The fraction of sp³-hybridized carbons (Fsp3) is 0.188. The molecular formula is C16H15N3O6. The molecule has 1 aromatic heterocycles. The largest absolute Gasteiger partial charge is 0.459 e. The Morgan fingerprint density at radius 2 is 1.76 bits per heavy atom. The summed E-state index contributed by atoms with van der Waals surface area (Å²) in [6.45, 7) is -0.354. The third-order valence-electron chi connectivity index (χ3n) is 3.26. The van der Waals surface area contributed by atoms with Crippen LogP contribution in [-0.2, 0) is 9.59 Å². The molecule has 0 atom stereocenters. The molecule has 1 aliphatic heterocycles. The number of carbonyl (C=O) groups excluding carboxylic acids is 3. The predicted molar refractivity (Wildman–Crippen MR) is 85.2 cm³/mol. The van der Waals surface area contributed by atoms with Gasteiger partial charge in [0.1, 0.15) is 0 Å². The standard InChI is InChI=1S/C16H15N3O6/c20-14(7-18-16(22)12-2-1-5-23-12)17-8-15(21)19-10-3-4-11-13(6-10)25-9-24-11/h1-6H,7-9H2,(H,17,20)(H,18,22)(H,19,21). The van der Waals surface area contributed by atoms with E-state index in [1.165, 1.54) is 12.3 Å². The number of anilines is 1. The van der Waals surface area contributed by atoms with Crippen LogP contribution in [0.3, 0.4) is 0 Å². The SMILES string of the molecule is O=C(CNC(=O)c1ccco1)NCC(=O)Nc1ccc2c(c1)OCO2. The molecule has 1 aromatic carbocycles. The Hall–Kier alpha value is -3.49. The molecule has 0 aliphatic carbocycles. The van der Waals surface area contributed by atoms with Crippen LogP contribution < -0.4 is 25.4 Å². The lowest BCUT2D eigenvalue weighted by Crippen LogP contribution is -2.40. The number of hydrogen-bond acceptors (Lipinski definition) is 6. The third-order valence-corrected chi connectivity index (χ3v) is 3.26. The summed E-state index contributed by atoms with van der Waals surface area (Å²) in [6, 6.07) is 8.02. The fourth-order valence-electron chi connectivity index (χ4n) is 2.08. The molecule has 0 fully saturated rings. The molecule has 0 saturated heterocycles. The molecule has 2 heterocycles. The topological polar surface area (TPSA) is 119 Å². The lowest BCUT2D eigenvalue weighted by atomic mass is 10.3. The van der Waals surface area contributed by atoms with Crippen LogP contribution in [0.15, 0.2) is 41.0 Å². The maximum absolute atomic E-state index is 11.8. The van der Waals surface area contributed by atoms with E-state index in [-0.39, 0.29) is 25.6 Å². The second-order valence-electron chi connectivity index (χ2n) is 5.05. The van der Waals surface area contributed by atoms with Crippen molar-refractivity contribution in [3.8, 4) is 11.5 Å². The summed E-state index contributed by atoms with van der Waals surface area (Å²) in [5.74, 6) is -0.162. The lowest BCUT2D eigenvalue weighted by Gasteiger charge is -2.08. The molecule has 3 amide bonds. The Kier molecular flexibility index (Phi) is 4.84. The Balaban J connectivity index is 1.39. The predicted octanol–water partition coefficient (Wildman–Crippen LogP) is 0.493. The second-order valence-corrected chi connectivity index (χ2v) is 5.05. The minimum Gasteiger partial charge on any atom is -0.459 e. The van der Waals surface area contributed by atoms with E-state index in [1.807, 2.05) is 0 Å². The average Bonchev–Trinajstić information content (AvgIpc) is 3.28. The quantitative estimate of drug-likeness (QED) is 0.701. The molecule has 0 bridgehead atoms. The molecule has 2 aromatic rings. The van der Waals surface area contributed by atoms with Gasteiger partial charge in [0.2, 0.25) is 18.6 Å². The van der Waals surface area contributed by atoms with Gasteiger partial charge in [0.25, 0.3) is 5.91 Å². The smallest absolute Gasteiger partial charge is 0.287 e. The second kappa shape index (κ2) is 7.39. The number of amides is 3. The number of ether oxygens (including phenoxy) is 2. The Morgan fingerprint density at radius 1 is 0.960 bits per heavy atom. The summed E-state index contributed by atoms with van der Waals surface area (Å²) in [5.41, 5.74) is 0.523. The molecular weight excluding hydrogens is 330 g/mol. The van der Waals surface area contributed by atoms with Gasteiger partial charge < -0.3 is 29.8 Å². The first-order valence-corrected chi connectivity index (χ1v) is 7.40. The van der Waals surface area contributed by atoms with E-state index >= 15 is 0 Å². The minimum atomic E-state index is -0.509. The monoisotopic (exact) mass is 345 g/mol. The van der Waals surface area contributed by atoms with Gasteiger partial charge in [-0.05, 0) is 24.3 Å². The molecule has 3 N–H and O–H groups in total. The zero-order valence-electron chi connectivity index (χ0n) is 13.0. The molecule has 9 heteroatoms. The van der Waals surface area contributed by atoms with Gasteiger partial charge in [-0.1, -0.05) is 0 Å². The van der Waals surface area contributed by atoms with E-state index in [1.54, 1.807) is 24.3 Å². The molecule has 0 saturated carbocycles. The van der Waals surface area contributed by atoms with E-state index in [4.69, 9.17) is 13.9 Å². The summed E-state index contributed by atoms with van der Waals surface area (Å²) in [6.07, 6.45) is 1.36. The van der Waals surface area contributed by atoms with Crippen LogP contribution in [0.4, 0.5) is 5.69 Å². The molecule has 1 aliphatic rings. The summed E-state index contributed by atoms with van der Waals surface area (Å²) in [5, 5.41) is 7.41. The van der Waals surface area contributed by atoms with Crippen molar-refractivity contribution in [3.63, 3.8) is 0 Å². The number of fused-ring (bicyclic) bond motifs is 1. The van der Waals surface area contributed by atoms with Gasteiger partial charge in [0.05, 0.1) is 19.4 Å². The summed E-state index contributed by atoms with van der Waals surface area (Å²) >= 11 is 0. The van der Waals surface area contributed by atoms with Gasteiger partial charge in [-0.2, -0.15) is 0 Å². The molecule has 0 unspecified atom stereocenters. The highest BCUT2D eigenvalue weighted by atomic mass is 16.7. The summed E-state index contributed by atoms with van der Waals surface area (Å²) < 4.78 is 15.3. The van der Waals surface area contributed by atoms with Crippen molar-refractivity contribution >= 4 is 23.4 Å². The van der Waals surface area contributed by atoms with E-state index in [9.17, 15) is 14.4 Å². The third kappa shape index (κ3) is 4.28. The van der Waals surface area contributed by atoms with Gasteiger partial charge in [-0.3, -0.25) is 14.4 Å². The Bertz CT molecular complexity index is 787. The van der Waals surface area contributed by atoms with Crippen LogP contribution in [0.5, 0.6) is 11.5 Å². The maximum atomic E-state index is 11.8. The highest BCUT2D eigenvalue weighted by Gasteiger charge is 2.15. The van der Waals surface area contributed by atoms with Crippen molar-refractivity contribution in [2.24, 2.45) is 0 Å². The van der Waals surface area contributed by atoms with Crippen LogP contribution in [0.1, 0.15) is 10.6 Å². The first-order valence-electron chi connectivity index (χ1n) is 7.40. The fourth-order valence-corrected chi connectivity index (χ4v) is 2.08. The van der Waals surface area contributed by atoms with Crippen molar-refractivity contribution in [3.05, 3.63) is 42.4 Å². The average molecular weight is 345 g/mol. The van der Waals surface area contributed by atoms with Gasteiger partial charge in [-0.25, -0.2) is 0 Å². The zero-order valence-corrected chi connectivity index (χ0v) is 13.0. The Morgan fingerprint density at radius 3 is 2.56 bits per heavy atom. The van der Waals surface area contributed by atoms with Crippen LogP contribution in [0.25, 0.3) is 0 Å².